The Morgan fingerprint density at radius 3 is 2.88 bits per heavy atom. The third-order valence-electron chi connectivity index (χ3n) is 2.34. The fourth-order valence-electron chi connectivity index (χ4n) is 1.49. The Morgan fingerprint density at radius 2 is 2.24 bits per heavy atom. The standard InChI is InChI=1S/C13H12FNOS/c1-9-2-3-12(11(14)6-9)15-13(16)7-10-4-5-17-8-10/h2-6,8H,7H2,1H3,(H,15,16). The highest BCUT2D eigenvalue weighted by Crippen LogP contribution is 2.16. The summed E-state index contributed by atoms with van der Waals surface area (Å²) >= 11 is 1.54. The molecule has 0 atom stereocenters. The van der Waals surface area contributed by atoms with Crippen molar-refractivity contribution in [2.45, 2.75) is 13.3 Å². The molecule has 1 aromatic carbocycles. The number of aryl methyl sites for hydroxylation is 1. The van der Waals surface area contributed by atoms with Gasteiger partial charge < -0.3 is 5.32 Å². The Morgan fingerprint density at radius 1 is 1.41 bits per heavy atom. The van der Waals surface area contributed by atoms with Crippen molar-refractivity contribution >= 4 is 22.9 Å². The molecule has 0 bridgehead atoms. The number of benzene rings is 1. The Kier molecular flexibility index (Phi) is 3.54. The highest BCUT2D eigenvalue weighted by atomic mass is 32.1. The van der Waals surface area contributed by atoms with E-state index in [1.807, 2.05) is 16.8 Å². The second kappa shape index (κ2) is 5.10. The maximum absolute atomic E-state index is 13.5. The molecule has 1 amide bonds. The third kappa shape index (κ3) is 3.14. The molecular formula is C13H12FNOS. The van der Waals surface area contributed by atoms with Crippen LogP contribution in [0.15, 0.2) is 35.0 Å². The van der Waals surface area contributed by atoms with E-state index in [2.05, 4.69) is 5.32 Å². The summed E-state index contributed by atoms with van der Waals surface area (Å²) in [7, 11) is 0. The minimum atomic E-state index is -0.399. The number of carbonyl (C=O) groups is 1. The summed E-state index contributed by atoms with van der Waals surface area (Å²) in [6, 6.07) is 6.63. The molecule has 1 N–H and O–H groups in total. The number of hydrogen-bond donors (Lipinski definition) is 1. The second-order valence-corrected chi connectivity index (χ2v) is 4.62. The van der Waals surface area contributed by atoms with Gasteiger partial charge in [-0.3, -0.25) is 4.79 Å². The minimum Gasteiger partial charge on any atom is -0.323 e. The van der Waals surface area contributed by atoms with E-state index in [-0.39, 0.29) is 18.0 Å². The number of amides is 1. The Labute approximate surface area is 103 Å². The molecule has 2 nitrogen and oxygen atoms in total. The number of hydrogen-bond acceptors (Lipinski definition) is 2. The van der Waals surface area contributed by atoms with Gasteiger partial charge in [-0.25, -0.2) is 4.39 Å². The quantitative estimate of drug-likeness (QED) is 0.887. The molecule has 0 spiro atoms. The molecule has 1 heterocycles. The fraction of sp³-hybridized carbons (Fsp3) is 0.154. The summed E-state index contributed by atoms with van der Waals surface area (Å²) in [6.45, 7) is 1.81. The van der Waals surface area contributed by atoms with Crippen molar-refractivity contribution in [1.29, 1.82) is 0 Å². The summed E-state index contributed by atoms with van der Waals surface area (Å²) in [4.78, 5) is 11.6. The predicted molar refractivity (Wildman–Crippen MR) is 67.8 cm³/mol. The van der Waals surface area contributed by atoms with Gasteiger partial charge in [-0.2, -0.15) is 11.3 Å². The normalized spacial score (nSPS) is 10.2. The van der Waals surface area contributed by atoms with Gasteiger partial charge in [0.05, 0.1) is 12.1 Å². The van der Waals surface area contributed by atoms with E-state index in [0.717, 1.165) is 11.1 Å². The maximum Gasteiger partial charge on any atom is 0.228 e. The Hall–Kier alpha value is -1.68. The summed E-state index contributed by atoms with van der Waals surface area (Å²) in [5.41, 5.74) is 2.01. The fourth-order valence-corrected chi connectivity index (χ4v) is 2.16. The zero-order valence-electron chi connectivity index (χ0n) is 9.37. The van der Waals surface area contributed by atoms with Crippen LogP contribution in [0.2, 0.25) is 0 Å². The van der Waals surface area contributed by atoms with Gasteiger partial charge in [-0.05, 0) is 47.0 Å². The average molecular weight is 249 g/mol. The molecule has 88 valence electrons. The number of halogens is 1. The molecule has 0 fully saturated rings. The molecule has 0 saturated carbocycles. The molecule has 0 aliphatic rings. The van der Waals surface area contributed by atoms with Gasteiger partial charge in [0.2, 0.25) is 5.91 Å². The SMILES string of the molecule is Cc1ccc(NC(=O)Cc2ccsc2)c(F)c1. The topological polar surface area (TPSA) is 29.1 Å². The van der Waals surface area contributed by atoms with Crippen LogP contribution in [-0.2, 0) is 11.2 Å². The lowest BCUT2D eigenvalue weighted by Crippen LogP contribution is -2.15. The van der Waals surface area contributed by atoms with Crippen molar-refractivity contribution < 1.29 is 9.18 Å². The van der Waals surface area contributed by atoms with Crippen molar-refractivity contribution in [3.63, 3.8) is 0 Å². The predicted octanol–water partition coefficient (Wildman–Crippen LogP) is 3.38. The number of nitrogens with one attached hydrogen (secondary N) is 1. The molecule has 2 aromatic rings. The molecule has 1 aromatic heterocycles. The largest absolute Gasteiger partial charge is 0.323 e. The van der Waals surface area contributed by atoms with Crippen LogP contribution in [0.3, 0.4) is 0 Å². The van der Waals surface area contributed by atoms with Crippen LogP contribution in [0, 0.1) is 12.7 Å². The molecule has 0 radical (unpaired) electrons. The van der Waals surface area contributed by atoms with Gasteiger partial charge in [-0.1, -0.05) is 6.07 Å². The van der Waals surface area contributed by atoms with Gasteiger partial charge >= 0.3 is 0 Å². The van der Waals surface area contributed by atoms with E-state index in [0.29, 0.717) is 0 Å². The van der Waals surface area contributed by atoms with Crippen LogP contribution >= 0.6 is 11.3 Å². The maximum atomic E-state index is 13.5. The summed E-state index contributed by atoms with van der Waals surface area (Å²) in [5.74, 6) is -0.602. The van der Waals surface area contributed by atoms with Crippen LogP contribution in [0.4, 0.5) is 10.1 Å². The van der Waals surface area contributed by atoms with E-state index in [9.17, 15) is 9.18 Å². The zero-order valence-corrected chi connectivity index (χ0v) is 10.2. The van der Waals surface area contributed by atoms with Crippen molar-refractivity contribution in [3.8, 4) is 0 Å². The first-order chi connectivity index (χ1) is 8.15. The summed E-state index contributed by atoms with van der Waals surface area (Å²) in [6.07, 6.45) is 0.275. The second-order valence-electron chi connectivity index (χ2n) is 3.84. The van der Waals surface area contributed by atoms with Crippen LogP contribution in [0.25, 0.3) is 0 Å². The zero-order chi connectivity index (χ0) is 12.3. The lowest BCUT2D eigenvalue weighted by molar-refractivity contribution is -0.115. The lowest BCUT2D eigenvalue weighted by atomic mass is 10.2. The molecular weight excluding hydrogens is 237 g/mol. The van der Waals surface area contributed by atoms with Crippen LogP contribution in [0.5, 0.6) is 0 Å². The molecule has 0 saturated heterocycles. The Balaban J connectivity index is 2.03. The smallest absolute Gasteiger partial charge is 0.228 e. The minimum absolute atomic E-state index is 0.203. The van der Waals surface area contributed by atoms with Gasteiger partial charge in [-0.15, -0.1) is 0 Å². The molecule has 2 rings (SSSR count). The van der Waals surface area contributed by atoms with Crippen molar-refractivity contribution in [2.75, 3.05) is 5.32 Å². The first-order valence-corrected chi connectivity index (χ1v) is 6.16. The first kappa shape index (κ1) is 11.8. The summed E-state index contributed by atoms with van der Waals surface area (Å²) < 4.78 is 13.5. The van der Waals surface area contributed by atoms with Crippen molar-refractivity contribution in [1.82, 2.24) is 0 Å². The molecule has 0 aliphatic carbocycles. The first-order valence-electron chi connectivity index (χ1n) is 5.22. The molecule has 17 heavy (non-hydrogen) atoms. The number of anilines is 1. The van der Waals surface area contributed by atoms with Crippen LogP contribution in [-0.4, -0.2) is 5.91 Å². The van der Waals surface area contributed by atoms with Gasteiger partial charge in [0.25, 0.3) is 0 Å². The van der Waals surface area contributed by atoms with Crippen molar-refractivity contribution in [3.05, 3.63) is 52.0 Å². The summed E-state index contributed by atoms with van der Waals surface area (Å²) in [5, 5.41) is 6.39. The van der Waals surface area contributed by atoms with Crippen LogP contribution < -0.4 is 5.32 Å². The number of thiophene rings is 1. The van der Waals surface area contributed by atoms with E-state index >= 15 is 0 Å². The van der Waals surface area contributed by atoms with Gasteiger partial charge in [0.1, 0.15) is 5.82 Å². The highest BCUT2D eigenvalue weighted by Gasteiger charge is 2.07. The average Bonchev–Trinajstić information content (AvgIpc) is 2.75. The van der Waals surface area contributed by atoms with Crippen molar-refractivity contribution in [2.24, 2.45) is 0 Å². The van der Waals surface area contributed by atoms with Crippen LogP contribution in [0.1, 0.15) is 11.1 Å². The molecule has 4 heteroatoms. The Bertz CT molecular complexity index is 522. The van der Waals surface area contributed by atoms with E-state index in [1.165, 1.54) is 17.4 Å². The number of rotatable bonds is 3. The lowest BCUT2D eigenvalue weighted by Gasteiger charge is -2.06. The van der Waals surface area contributed by atoms with E-state index in [1.54, 1.807) is 19.1 Å². The van der Waals surface area contributed by atoms with E-state index < -0.39 is 5.82 Å². The van der Waals surface area contributed by atoms with Gasteiger partial charge in [0, 0.05) is 0 Å². The highest BCUT2D eigenvalue weighted by molar-refractivity contribution is 7.08. The monoisotopic (exact) mass is 249 g/mol. The molecule has 0 unspecified atom stereocenters. The number of carbonyl (C=O) groups excluding carboxylic acids is 1. The third-order valence-corrected chi connectivity index (χ3v) is 3.08. The van der Waals surface area contributed by atoms with E-state index in [4.69, 9.17) is 0 Å². The van der Waals surface area contributed by atoms with Gasteiger partial charge in [0.15, 0.2) is 0 Å². The molecule has 0 aliphatic heterocycles.